The van der Waals surface area contributed by atoms with Crippen LogP contribution in [0.1, 0.15) is 43.2 Å². The van der Waals surface area contributed by atoms with E-state index in [9.17, 15) is 0 Å². The van der Waals surface area contributed by atoms with Gasteiger partial charge in [0.25, 0.3) is 0 Å². The van der Waals surface area contributed by atoms with E-state index in [-0.39, 0.29) is 0 Å². The number of rotatable bonds is 6. The van der Waals surface area contributed by atoms with Crippen molar-refractivity contribution in [1.82, 2.24) is 5.32 Å². The van der Waals surface area contributed by atoms with E-state index >= 15 is 0 Å². The van der Waals surface area contributed by atoms with Crippen molar-refractivity contribution >= 4 is 0 Å². The molecule has 2 rings (SSSR count). The lowest BCUT2D eigenvalue weighted by molar-refractivity contribution is 0.552. The summed E-state index contributed by atoms with van der Waals surface area (Å²) in [5.74, 6) is 0.840. The summed E-state index contributed by atoms with van der Waals surface area (Å²) in [7, 11) is 0. The lowest BCUT2D eigenvalue weighted by atomic mass is 10.0. The molecule has 1 aromatic carbocycles. The van der Waals surface area contributed by atoms with Gasteiger partial charge in [-0.05, 0) is 43.2 Å². The molecular weight excluding hydrogens is 194 g/mol. The normalized spacial score (nSPS) is 17.1. The molecule has 86 valence electrons. The molecule has 1 saturated carbocycles. The molecule has 16 heavy (non-hydrogen) atoms. The van der Waals surface area contributed by atoms with Gasteiger partial charge in [0.05, 0.1) is 0 Å². The minimum atomic E-state index is 0.518. The second-order valence-corrected chi connectivity index (χ2v) is 4.78. The first kappa shape index (κ1) is 11.4. The average Bonchev–Trinajstić information content (AvgIpc) is 3.11. The van der Waals surface area contributed by atoms with E-state index in [4.69, 9.17) is 0 Å². The third-order valence-corrected chi connectivity index (χ3v) is 3.23. The highest BCUT2D eigenvalue weighted by molar-refractivity contribution is 5.33. The smallest absolute Gasteiger partial charge is 0.0210 e. The van der Waals surface area contributed by atoms with E-state index in [1.165, 1.54) is 18.4 Å². The summed E-state index contributed by atoms with van der Waals surface area (Å²) in [5.41, 5.74) is 3.03. The molecule has 0 saturated heterocycles. The van der Waals surface area contributed by atoms with Gasteiger partial charge in [0.2, 0.25) is 0 Å². The SMILES string of the molecule is C=CCC(C)NCc1ccccc1C1CC1. The number of hydrogen-bond donors (Lipinski definition) is 1. The van der Waals surface area contributed by atoms with Crippen LogP contribution in [-0.2, 0) is 6.54 Å². The summed E-state index contributed by atoms with van der Waals surface area (Å²) < 4.78 is 0. The second-order valence-electron chi connectivity index (χ2n) is 4.78. The molecule has 0 radical (unpaired) electrons. The number of nitrogens with one attached hydrogen (secondary N) is 1. The molecule has 0 bridgehead atoms. The van der Waals surface area contributed by atoms with Crippen molar-refractivity contribution in [3.05, 3.63) is 48.0 Å². The summed E-state index contributed by atoms with van der Waals surface area (Å²) in [6, 6.07) is 9.35. The molecule has 0 aromatic heterocycles. The van der Waals surface area contributed by atoms with E-state index in [2.05, 4.69) is 43.1 Å². The molecule has 0 spiro atoms. The maximum atomic E-state index is 3.77. The van der Waals surface area contributed by atoms with Crippen LogP contribution in [0.15, 0.2) is 36.9 Å². The topological polar surface area (TPSA) is 12.0 Å². The average molecular weight is 215 g/mol. The molecular formula is C15H21N. The Balaban J connectivity index is 1.95. The van der Waals surface area contributed by atoms with Crippen molar-refractivity contribution < 1.29 is 0 Å². The van der Waals surface area contributed by atoms with Gasteiger partial charge in [0.1, 0.15) is 0 Å². The van der Waals surface area contributed by atoms with Crippen molar-refractivity contribution in [3.63, 3.8) is 0 Å². The molecule has 1 atom stereocenters. The Morgan fingerprint density at radius 1 is 1.44 bits per heavy atom. The molecule has 0 heterocycles. The van der Waals surface area contributed by atoms with Crippen molar-refractivity contribution in [2.75, 3.05) is 0 Å². The highest BCUT2D eigenvalue weighted by Crippen LogP contribution is 2.41. The van der Waals surface area contributed by atoms with Gasteiger partial charge in [-0.3, -0.25) is 0 Å². The van der Waals surface area contributed by atoms with Gasteiger partial charge < -0.3 is 5.32 Å². The van der Waals surface area contributed by atoms with Gasteiger partial charge in [-0.1, -0.05) is 30.3 Å². The molecule has 1 aromatic rings. The lowest BCUT2D eigenvalue weighted by Crippen LogP contribution is -2.25. The molecule has 1 aliphatic rings. The quantitative estimate of drug-likeness (QED) is 0.715. The Morgan fingerprint density at radius 3 is 2.88 bits per heavy atom. The van der Waals surface area contributed by atoms with E-state index in [1.54, 1.807) is 5.56 Å². The van der Waals surface area contributed by atoms with Crippen LogP contribution < -0.4 is 5.32 Å². The second kappa shape index (κ2) is 5.31. The molecule has 1 heteroatoms. The van der Waals surface area contributed by atoms with Gasteiger partial charge in [-0.15, -0.1) is 6.58 Å². The summed E-state index contributed by atoms with van der Waals surface area (Å²) in [6.45, 7) is 6.97. The first-order chi connectivity index (χ1) is 7.81. The maximum Gasteiger partial charge on any atom is 0.0210 e. The van der Waals surface area contributed by atoms with E-state index in [0.717, 1.165) is 18.9 Å². The summed E-state index contributed by atoms with van der Waals surface area (Å²) in [6.07, 6.45) is 5.76. The van der Waals surface area contributed by atoms with Gasteiger partial charge in [0, 0.05) is 12.6 Å². The summed E-state index contributed by atoms with van der Waals surface area (Å²) in [4.78, 5) is 0. The van der Waals surface area contributed by atoms with Gasteiger partial charge in [-0.2, -0.15) is 0 Å². The number of hydrogen-bond acceptors (Lipinski definition) is 1. The fourth-order valence-corrected chi connectivity index (χ4v) is 2.11. The van der Waals surface area contributed by atoms with Crippen LogP contribution in [0.2, 0.25) is 0 Å². The monoisotopic (exact) mass is 215 g/mol. The van der Waals surface area contributed by atoms with Gasteiger partial charge in [-0.25, -0.2) is 0 Å². The predicted octanol–water partition coefficient (Wildman–Crippen LogP) is 3.62. The molecule has 1 fully saturated rings. The standard InChI is InChI=1S/C15H21N/c1-3-6-12(2)16-11-14-7-4-5-8-15(14)13-9-10-13/h3-5,7-8,12-13,16H,1,6,9-11H2,2H3. The fraction of sp³-hybridized carbons (Fsp3) is 0.467. The van der Waals surface area contributed by atoms with E-state index in [1.807, 2.05) is 6.08 Å². The molecule has 1 aliphatic carbocycles. The Hall–Kier alpha value is -1.08. The Labute approximate surface area is 98.6 Å². The third-order valence-electron chi connectivity index (χ3n) is 3.23. The van der Waals surface area contributed by atoms with Crippen LogP contribution in [0.4, 0.5) is 0 Å². The highest BCUT2D eigenvalue weighted by atomic mass is 14.9. The van der Waals surface area contributed by atoms with Crippen LogP contribution >= 0.6 is 0 Å². The van der Waals surface area contributed by atoms with Crippen LogP contribution in [0.3, 0.4) is 0 Å². The Kier molecular flexibility index (Phi) is 3.79. The lowest BCUT2D eigenvalue weighted by Gasteiger charge is -2.14. The molecule has 0 amide bonds. The first-order valence-corrected chi connectivity index (χ1v) is 6.23. The van der Waals surface area contributed by atoms with Crippen LogP contribution in [0.25, 0.3) is 0 Å². The van der Waals surface area contributed by atoms with E-state index < -0.39 is 0 Å². The Bertz CT molecular complexity index is 352. The predicted molar refractivity (Wildman–Crippen MR) is 69.5 cm³/mol. The maximum absolute atomic E-state index is 3.77. The van der Waals surface area contributed by atoms with Gasteiger partial charge >= 0.3 is 0 Å². The van der Waals surface area contributed by atoms with E-state index in [0.29, 0.717) is 6.04 Å². The van der Waals surface area contributed by atoms with Crippen molar-refractivity contribution in [2.45, 2.75) is 44.7 Å². The third kappa shape index (κ3) is 2.96. The van der Waals surface area contributed by atoms with Crippen molar-refractivity contribution in [3.8, 4) is 0 Å². The number of benzene rings is 1. The molecule has 1 unspecified atom stereocenters. The van der Waals surface area contributed by atoms with Crippen molar-refractivity contribution in [2.24, 2.45) is 0 Å². The largest absolute Gasteiger partial charge is 0.310 e. The Morgan fingerprint density at radius 2 is 2.19 bits per heavy atom. The zero-order valence-corrected chi connectivity index (χ0v) is 10.1. The zero-order chi connectivity index (χ0) is 11.4. The molecule has 0 aliphatic heterocycles. The molecule has 1 nitrogen and oxygen atoms in total. The first-order valence-electron chi connectivity index (χ1n) is 6.23. The highest BCUT2D eigenvalue weighted by Gasteiger charge is 2.25. The van der Waals surface area contributed by atoms with Crippen LogP contribution in [0.5, 0.6) is 0 Å². The van der Waals surface area contributed by atoms with Crippen molar-refractivity contribution in [1.29, 1.82) is 0 Å². The summed E-state index contributed by atoms with van der Waals surface area (Å²) in [5, 5.41) is 3.55. The fourth-order valence-electron chi connectivity index (χ4n) is 2.11. The summed E-state index contributed by atoms with van der Waals surface area (Å²) >= 11 is 0. The van der Waals surface area contributed by atoms with Crippen LogP contribution in [-0.4, -0.2) is 6.04 Å². The minimum absolute atomic E-state index is 0.518. The minimum Gasteiger partial charge on any atom is -0.310 e. The zero-order valence-electron chi connectivity index (χ0n) is 10.1. The van der Waals surface area contributed by atoms with Crippen LogP contribution in [0, 0.1) is 0 Å². The van der Waals surface area contributed by atoms with Gasteiger partial charge in [0.15, 0.2) is 0 Å². The molecule has 1 N–H and O–H groups in total.